The molecular weight excluding hydrogens is 430 g/mol. The fraction of sp³-hybridized carbons (Fsp3) is 0.565. The van der Waals surface area contributed by atoms with Crippen LogP contribution < -0.4 is 21.1 Å². The number of nitrogens with one attached hydrogen (secondary N) is 2. The Labute approximate surface area is 203 Å². The molecule has 0 aromatic heterocycles. The molecule has 0 saturated carbocycles. The molecule has 0 unspecified atom stereocenters. The van der Waals surface area contributed by atoms with E-state index in [0.717, 1.165) is 0 Å². The van der Waals surface area contributed by atoms with Crippen LogP contribution >= 0.6 is 13.5 Å². The summed E-state index contributed by atoms with van der Waals surface area (Å²) in [6.45, 7) is 10.5. The van der Waals surface area contributed by atoms with E-state index in [-0.39, 0.29) is 42.1 Å². The lowest BCUT2D eigenvalue weighted by molar-refractivity contribution is -0.126. The van der Waals surface area contributed by atoms with Gasteiger partial charge in [0.15, 0.2) is 0 Å². The van der Waals surface area contributed by atoms with Crippen LogP contribution in [-0.2, 0) is 14.3 Å². The molecule has 0 radical (unpaired) electrons. The van der Waals surface area contributed by atoms with Gasteiger partial charge in [-0.1, -0.05) is 45.6 Å². The van der Waals surface area contributed by atoms with E-state index >= 15 is 0 Å². The zero-order valence-electron chi connectivity index (χ0n) is 19.7. The van der Waals surface area contributed by atoms with Gasteiger partial charge in [0.05, 0.1) is 26.4 Å². The first-order chi connectivity index (χ1) is 15.0. The summed E-state index contributed by atoms with van der Waals surface area (Å²) < 4.78 is 16.2. The van der Waals surface area contributed by atoms with Crippen LogP contribution in [0, 0.1) is 17.8 Å². The summed E-state index contributed by atoms with van der Waals surface area (Å²) >= 11 is 0. The number of rotatable bonds is 13. The average molecular weight is 476 g/mol. The molecule has 0 spiro atoms. The minimum absolute atomic E-state index is 0. The van der Waals surface area contributed by atoms with Crippen molar-refractivity contribution in [2.24, 2.45) is 11.7 Å². The number of carbonyl (C=O) groups is 2. The zero-order valence-corrected chi connectivity index (χ0v) is 20.7. The lowest BCUT2D eigenvalue weighted by atomic mass is 10.2. The standard InChI is InChI=1S/C21H31N3O5.C2H6.H2S.3H2/c1-17(2)5-4-9-23-20(25)16-28-12-11-27-13-14-29-19-7-3-6-18(15-19)21(26)24-10-8-22;1-2;;;;/h3,6-7,15,17H,8-14,16,22H2,1-2H3,(H,23,25)(H,24,26);1-2H3;1H2;3*1H. The number of carbonyl (C=O) groups excluding carboxylic acids is 2. The highest BCUT2D eigenvalue weighted by molar-refractivity contribution is 7.59. The van der Waals surface area contributed by atoms with Crippen molar-refractivity contribution in [2.75, 3.05) is 52.7 Å². The second-order valence-corrected chi connectivity index (χ2v) is 6.34. The van der Waals surface area contributed by atoms with E-state index in [1.807, 2.05) is 27.7 Å². The van der Waals surface area contributed by atoms with Crippen LogP contribution in [-0.4, -0.2) is 64.5 Å². The monoisotopic (exact) mass is 475 g/mol. The van der Waals surface area contributed by atoms with Gasteiger partial charge in [-0.25, -0.2) is 0 Å². The van der Waals surface area contributed by atoms with Crippen molar-refractivity contribution in [1.29, 1.82) is 0 Å². The summed E-state index contributed by atoms with van der Waals surface area (Å²) in [5.41, 5.74) is 5.88. The SMILES string of the molecule is CC.CC(C)C#CCNC(=O)COCCOCCOc1cccc(C(=O)NCCN)c1.S.[HH].[HH].[HH]. The first-order valence-corrected chi connectivity index (χ1v) is 10.6. The summed E-state index contributed by atoms with van der Waals surface area (Å²) in [5.74, 6) is 6.31. The highest BCUT2D eigenvalue weighted by Crippen LogP contribution is 2.13. The molecule has 0 heterocycles. The molecule has 0 aliphatic carbocycles. The van der Waals surface area contributed by atoms with Crippen molar-refractivity contribution in [3.8, 4) is 17.6 Å². The van der Waals surface area contributed by atoms with Crippen molar-refractivity contribution in [3.63, 3.8) is 0 Å². The molecule has 32 heavy (non-hydrogen) atoms. The van der Waals surface area contributed by atoms with Crippen LogP contribution in [0.3, 0.4) is 0 Å². The topological polar surface area (TPSA) is 112 Å². The summed E-state index contributed by atoms with van der Waals surface area (Å²) in [7, 11) is 0. The van der Waals surface area contributed by atoms with E-state index in [0.29, 0.717) is 57.4 Å². The van der Waals surface area contributed by atoms with Gasteiger partial charge in [0.1, 0.15) is 19.0 Å². The van der Waals surface area contributed by atoms with Gasteiger partial charge in [-0.15, -0.1) is 0 Å². The number of benzene rings is 1. The van der Waals surface area contributed by atoms with E-state index in [9.17, 15) is 9.59 Å². The Morgan fingerprint density at radius 2 is 1.78 bits per heavy atom. The number of nitrogens with two attached hydrogens (primary N) is 1. The van der Waals surface area contributed by atoms with Crippen LogP contribution in [0.25, 0.3) is 0 Å². The molecule has 1 aromatic rings. The highest BCUT2D eigenvalue weighted by atomic mass is 32.1. The van der Waals surface area contributed by atoms with Crippen LogP contribution in [0.1, 0.15) is 42.3 Å². The predicted octanol–water partition coefficient (Wildman–Crippen LogP) is 2.44. The summed E-state index contributed by atoms with van der Waals surface area (Å²) in [6.07, 6.45) is 0. The third kappa shape index (κ3) is 17.4. The van der Waals surface area contributed by atoms with Crippen molar-refractivity contribution in [3.05, 3.63) is 29.8 Å². The van der Waals surface area contributed by atoms with Crippen molar-refractivity contribution in [1.82, 2.24) is 10.6 Å². The Balaban J connectivity index is -0.000000486. The minimum Gasteiger partial charge on any atom is -0.491 e. The molecule has 2 amide bonds. The molecule has 9 heteroatoms. The van der Waals surface area contributed by atoms with Crippen molar-refractivity contribution >= 4 is 25.3 Å². The van der Waals surface area contributed by atoms with E-state index < -0.39 is 0 Å². The van der Waals surface area contributed by atoms with Crippen LogP contribution in [0.5, 0.6) is 5.75 Å². The second kappa shape index (κ2) is 22.0. The van der Waals surface area contributed by atoms with Gasteiger partial charge >= 0.3 is 0 Å². The van der Waals surface area contributed by atoms with Gasteiger partial charge in [0.25, 0.3) is 5.91 Å². The van der Waals surface area contributed by atoms with Crippen molar-refractivity contribution < 1.29 is 28.1 Å². The molecule has 0 aliphatic rings. The van der Waals surface area contributed by atoms with Gasteiger partial charge in [0, 0.05) is 28.9 Å². The van der Waals surface area contributed by atoms with Crippen LogP contribution in [0.4, 0.5) is 0 Å². The third-order valence-electron chi connectivity index (χ3n) is 3.39. The van der Waals surface area contributed by atoms with Crippen LogP contribution in [0.2, 0.25) is 0 Å². The lowest BCUT2D eigenvalue weighted by Gasteiger charge is -2.09. The van der Waals surface area contributed by atoms with Gasteiger partial charge in [-0.3, -0.25) is 9.59 Å². The molecule has 0 atom stereocenters. The maximum Gasteiger partial charge on any atom is 0.251 e. The summed E-state index contributed by atoms with van der Waals surface area (Å²) in [6, 6.07) is 6.90. The normalized spacial score (nSPS) is 9.44. The van der Waals surface area contributed by atoms with Gasteiger partial charge in [-0.05, 0) is 18.2 Å². The number of amides is 2. The number of hydrogen-bond donors (Lipinski definition) is 3. The van der Waals surface area contributed by atoms with Crippen molar-refractivity contribution in [2.45, 2.75) is 27.7 Å². The Morgan fingerprint density at radius 1 is 1.09 bits per heavy atom. The Kier molecular flexibility index (Phi) is 21.9. The molecule has 0 bridgehead atoms. The maximum absolute atomic E-state index is 11.9. The zero-order chi connectivity index (χ0) is 23.3. The maximum atomic E-state index is 11.9. The van der Waals surface area contributed by atoms with E-state index in [4.69, 9.17) is 19.9 Å². The van der Waals surface area contributed by atoms with Gasteiger partial charge < -0.3 is 30.6 Å². The van der Waals surface area contributed by atoms with Crippen LogP contribution in [0.15, 0.2) is 24.3 Å². The van der Waals surface area contributed by atoms with E-state index in [1.165, 1.54) is 0 Å². The quantitative estimate of drug-likeness (QED) is 0.298. The van der Waals surface area contributed by atoms with Gasteiger partial charge in [-0.2, -0.15) is 13.5 Å². The molecule has 1 aromatic carbocycles. The largest absolute Gasteiger partial charge is 0.491 e. The first kappa shape index (κ1) is 31.9. The molecule has 0 fully saturated rings. The third-order valence-corrected chi connectivity index (χ3v) is 3.39. The predicted molar refractivity (Wildman–Crippen MR) is 139 cm³/mol. The summed E-state index contributed by atoms with van der Waals surface area (Å²) in [5, 5.41) is 5.36. The molecule has 188 valence electrons. The molecule has 0 saturated heterocycles. The fourth-order valence-corrected chi connectivity index (χ4v) is 2.07. The fourth-order valence-electron chi connectivity index (χ4n) is 2.07. The smallest absolute Gasteiger partial charge is 0.251 e. The lowest BCUT2D eigenvalue weighted by Crippen LogP contribution is -2.28. The molecule has 0 aliphatic heterocycles. The van der Waals surface area contributed by atoms with E-state index in [1.54, 1.807) is 24.3 Å². The average Bonchev–Trinajstić information content (AvgIpc) is 2.78. The van der Waals surface area contributed by atoms with Gasteiger partial charge in [0.2, 0.25) is 5.91 Å². The molecule has 8 nitrogen and oxygen atoms in total. The Bertz CT molecular complexity index is 704. The molecule has 1 rings (SSSR count). The summed E-state index contributed by atoms with van der Waals surface area (Å²) in [4.78, 5) is 23.4. The number of hydrogen-bond acceptors (Lipinski definition) is 6. The molecular formula is C23H45N3O5S. The second-order valence-electron chi connectivity index (χ2n) is 6.34. The Morgan fingerprint density at radius 3 is 2.47 bits per heavy atom. The highest BCUT2D eigenvalue weighted by Gasteiger charge is 2.05. The first-order valence-electron chi connectivity index (χ1n) is 10.6. The minimum atomic E-state index is -0.207. The Hall–Kier alpha value is -2.25. The van der Waals surface area contributed by atoms with E-state index in [2.05, 4.69) is 22.5 Å². The molecule has 4 N–H and O–H groups in total. The number of ether oxygens (including phenoxy) is 3.